The van der Waals surface area contributed by atoms with Crippen molar-refractivity contribution < 1.29 is 4.74 Å². The topological polar surface area (TPSA) is 47.0 Å². The molecule has 0 aliphatic heterocycles. The summed E-state index contributed by atoms with van der Waals surface area (Å²) in [6, 6.07) is 6.17. The summed E-state index contributed by atoms with van der Waals surface area (Å²) in [5.74, 6) is 2.89. The highest BCUT2D eigenvalue weighted by Crippen LogP contribution is 2.30. The Morgan fingerprint density at radius 2 is 1.76 bits per heavy atom. The second kappa shape index (κ2) is 6.12. The van der Waals surface area contributed by atoms with Crippen molar-refractivity contribution in [3.05, 3.63) is 35.2 Å². The van der Waals surface area contributed by atoms with Crippen LogP contribution in [0.5, 0.6) is 5.75 Å². The second-order valence-electron chi connectivity index (χ2n) is 5.54. The van der Waals surface area contributed by atoms with Gasteiger partial charge in [-0.05, 0) is 37.1 Å². The van der Waals surface area contributed by atoms with Crippen LogP contribution in [0.1, 0.15) is 36.7 Å². The lowest BCUT2D eigenvalue weighted by Crippen LogP contribution is -2.04. The van der Waals surface area contributed by atoms with E-state index >= 15 is 0 Å². The Morgan fingerprint density at radius 1 is 1.05 bits per heavy atom. The number of aromatic nitrogens is 2. The zero-order valence-corrected chi connectivity index (χ0v) is 13.6. The zero-order chi connectivity index (χ0) is 15.6. The van der Waals surface area contributed by atoms with Crippen LogP contribution in [0.3, 0.4) is 0 Å². The number of methoxy groups -OCH3 is 1. The first-order valence-electron chi connectivity index (χ1n) is 7.18. The molecule has 0 bridgehead atoms. The van der Waals surface area contributed by atoms with Crippen LogP contribution in [0, 0.1) is 13.8 Å². The van der Waals surface area contributed by atoms with Crippen LogP contribution >= 0.6 is 0 Å². The third kappa shape index (κ3) is 3.15. The van der Waals surface area contributed by atoms with Crippen molar-refractivity contribution in [3.63, 3.8) is 0 Å². The predicted octanol–water partition coefficient (Wildman–Crippen LogP) is 3.93. The smallest absolute Gasteiger partial charge is 0.133 e. The minimum absolute atomic E-state index is 0.289. The SMILES string of the molecule is CNc1cc(-c2cc(C)c(OC)cc2C)nc(C(C)C)n1. The number of anilines is 1. The summed E-state index contributed by atoms with van der Waals surface area (Å²) < 4.78 is 5.38. The highest BCUT2D eigenvalue weighted by atomic mass is 16.5. The molecular formula is C17H23N3O. The van der Waals surface area contributed by atoms with E-state index in [1.807, 2.05) is 20.0 Å². The Kier molecular flexibility index (Phi) is 4.46. The molecule has 0 radical (unpaired) electrons. The van der Waals surface area contributed by atoms with Gasteiger partial charge in [-0.25, -0.2) is 9.97 Å². The van der Waals surface area contributed by atoms with Crippen molar-refractivity contribution in [2.24, 2.45) is 0 Å². The normalized spacial score (nSPS) is 10.8. The van der Waals surface area contributed by atoms with Gasteiger partial charge >= 0.3 is 0 Å². The average molecular weight is 285 g/mol. The fourth-order valence-corrected chi connectivity index (χ4v) is 2.28. The largest absolute Gasteiger partial charge is 0.496 e. The van der Waals surface area contributed by atoms with Gasteiger partial charge in [0.15, 0.2) is 0 Å². The molecule has 0 fully saturated rings. The van der Waals surface area contributed by atoms with Crippen LogP contribution in [0.25, 0.3) is 11.3 Å². The summed E-state index contributed by atoms with van der Waals surface area (Å²) in [5.41, 5.74) is 4.32. The molecule has 4 nitrogen and oxygen atoms in total. The molecule has 2 aromatic rings. The number of rotatable bonds is 4. The van der Waals surface area contributed by atoms with Crippen molar-refractivity contribution >= 4 is 5.82 Å². The lowest BCUT2D eigenvalue weighted by atomic mass is 10.0. The van der Waals surface area contributed by atoms with Gasteiger partial charge in [0.25, 0.3) is 0 Å². The first-order chi connectivity index (χ1) is 9.96. The van der Waals surface area contributed by atoms with Gasteiger partial charge in [0, 0.05) is 24.6 Å². The summed E-state index contributed by atoms with van der Waals surface area (Å²) in [6.45, 7) is 8.33. The lowest BCUT2D eigenvalue weighted by Gasteiger charge is -2.14. The van der Waals surface area contributed by atoms with Gasteiger partial charge in [-0.3, -0.25) is 0 Å². The van der Waals surface area contributed by atoms with Crippen molar-refractivity contribution in [2.75, 3.05) is 19.5 Å². The maximum Gasteiger partial charge on any atom is 0.133 e. The fraction of sp³-hybridized carbons (Fsp3) is 0.412. The second-order valence-corrected chi connectivity index (χ2v) is 5.54. The van der Waals surface area contributed by atoms with Crippen LogP contribution in [0.2, 0.25) is 0 Å². The number of benzene rings is 1. The molecule has 1 heterocycles. The van der Waals surface area contributed by atoms with Crippen LogP contribution in [-0.4, -0.2) is 24.1 Å². The van der Waals surface area contributed by atoms with Gasteiger partial charge in [-0.2, -0.15) is 0 Å². The minimum Gasteiger partial charge on any atom is -0.496 e. The van der Waals surface area contributed by atoms with Gasteiger partial charge in [0.2, 0.25) is 0 Å². The average Bonchev–Trinajstić information content (AvgIpc) is 2.48. The summed E-state index contributed by atoms with van der Waals surface area (Å²) >= 11 is 0. The molecule has 0 spiro atoms. The maximum atomic E-state index is 5.38. The van der Waals surface area contributed by atoms with E-state index in [2.05, 4.69) is 43.2 Å². The molecule has 0 aliphatic rings. The van der Waals surface area contributed by atoms with Crippen LogP contribution < -0.4 is 10.1 Å². The molecule has 2 rings (SSSR count). The van der Waals surface area contributed by atoms with Crippen LogP contribution in [0.15, 0.2) is 18.2 Å². The third-order valence-corrected chi connectivity index (χ3v) is 3.53. The fourth-order valence-electron chi connectivity index (χ4n) is 2.28. The molecule has 112 valence electrons. The summed E-state index contributed by atoms with van der Waals surface area (Å²) in [6.07, 6.45) is 0. The van der Waals surface area contributed by atoms with Gasteiger partial charge in [0.05, 0.1) is 12.8 Å². The van der Waals surface area contributed by atoms with E-state index in [4.69, 9.17) is 9.72 Å². The number of nitrogens with zero attached hydrogens (tertiary/aromatic N) is 2. The van der Waals surface area contributed by atoms with E-state index in [0.717, 1.165) is 39.8 Å². The predicted molar refractivity (Wildman–Crippen MR) is 87.1 cm³/mol. The first kappa shape index (κ1) is 15.3. The summed E-state index contributed by atoms with van der Waals surface area (Å²) in [7, 11) is 3.57. The van der Waals surface area contributed by atoms with Crippen LogP contribution in [-0.2, 0) is 0 Å². The minimum atomic E-state index is 0.289. The molecule has 0 unspecified atom stereocenters. The quantitative estimate of drug-likeness (QED) is 0.924. The van der Waals surface area contributed by atoms with Crippen molar-refractivity contribution in [3.8, 4) is 17.0 Å². The number of hydrogen-bond donors (Lipinski definition) is 1. The molecule has 0 atom stereocenters. The molecule has 1 aromatic heterocycles. The van der Waals surface area contributed by atoms with E-state index in [9.17, 15) is 0 Å². The summed E-state index contributed by atoms with van der Waals surface area (Å²) in [5, 5.41) is 3.11. The van der Waals surface area contributed by atoms with Crippen LogP contribution in [0.4, 0.5) is 5.82 Å². The Hall–Kier alpha value is -2.10. The van der Waals surface area contributed by atoms with Crippen molar-refractivity contribution in [2.45, 2.75) is 33.6 Å². The van der Waals surface area contributed by atoms with Crippen molar-refractivity contribution in [1.29, 1.82) is 0 Å². The number of ether oxygens (including phenoxy) is 1. The lowest BCUT2D eigenvalue weighted by molar-refractivity contribution is 0.411. The molecule has 0 aliphatic carbocycles. The molecule has 0 saturated heterocycles. The standard InChI is InChI=1S/C17H23N3O/c1-10(2)17-19-14(9-16(18-5)20-17)13-7-12(4)15(21-6)8-11(13)3/h7-10H,1-6H3,(H,18,19,20). The number of nitrogens with one attached hydrogen (secondary N) is 1. The van der Waals surface area contributed by atoms with E-state index < -0.39 is 0 Å². The molecule has 0 amide bonds. The maximum absolute atomic E-state index is 5.38. The summed E-state index contributed by atoms with van der Waals surface area (Å²) in [4.78, 5) is 9.23. The molecular weight excluding hydrogens is 262 g/mol. The Balaban J connectivity index is 2.60. The van der Waals surface area contributed by atoms with Crippen molar-refractivity contribution in [1.82, 2.24) is 9.97 Å². The number of hydrogen-bond acceptors (Lipinski definition) is 4. The highest BCUT2D eigenvalue weighted by molar-refractivity contribution is 5.68. The Morgan fingerprint density at radius 3 is 2.33 bits per heavy atom. The molecule has 0 saturated carbocycles. The Bertz CT molecular complexity index is 651. The van der Waals surface area contributed by atoms with E-state index in [0.29, 0.717) is 0 Å². The van der Waals surface area contributed by atoms with Gasteiger partial charge in [0.1, 0.15) is 17.4 Å². The molecule has 1 aromatic carbocycles. The highest BCUT2D eigenvalue weighted by Gasteiger charge is 2.12. The molecule has 1 N–H and O–H groups in total. The van der Waals surface area contributed by atoms with Gasteiger partial charge in [-0.1, -0.05) is 13.8 Å². The molecule has 21 heavy (non-hydrogen) atoms. The zero-order valence-electron chi connectivity index (χ0n) is 13.6. The van der Waals surface area contributed by atoms with Gasteiger partial charge < -0.3 is 10.1 Å². The van der Waals surface area contributed by atoms with Gasteiger partial charge in [-0.15, -0.1) is 0 Å². The molecule has 4 heteroatoms. The van der Waals surface area contributed by atoms with E-state index in [1.54, 1.807) is 7.11 Å². The van der Waals surface area contributed by atoms with E-state index in [1.165, 1.54) is 0 Å². The third-order valence-electron chi connectivity index (χ3n) is 3.53. The Labute approximate surface area is 126 Å². The van der Waals surface area contributed by atoms with E-state index in [-0.39, 0.29) is 5.92 Å². The monoisotopic (exact) mass is 285 g/mol. The first-order valence-corrected chi connectivity index (χ1v) is 7.18. The number of aryl methyl sites for hydroxylation is 2.